The second-order valence-corrected chi connectivity index (χ2v) is 4.27. The van der Waals surface area contributed by atoms with Gasteiger partial charge < -0.3 is 15.5 Å². The molecular formula is C12H20N4O3. The van der Waals surface area contributed by atoms with Gasteiger partial charge in [0.05, 0.1) is 18.8 Å². The van der Waals surface area contributed by atoms with Crippen LogP contribution in [0.5, 0.6) is 5.75 Å². The Balaban J connectivity index is 2.77. The molecule has 1 atom stereocenters. The number of anilines is 2. The van der Waals surface area contributed by atoms with Crippen LogP contribution in [0.25, 0.3) is 0 Å². The van der Waals surface area contributed by atoms with Crippen LogP contribution in [0.4, 0.5) is 11.8 Å². The largest absolute Gasteiger partial charge is 0.503 e. The zero-order chi connectivity index (χ0) is 14.3. The summed E-state index contributed by atoms with van der Waals surface area (Å²) in [6.07, 6.45) is 3.95. The van der Waals surface area contributed by atoms with Crippen molar-refractivity contribution in [3.63, 3.8) is 0 Å². The van der Waals surface area contributed by atoms with Crippen molar-refractivity contribution in [3.05, 3.63) is 6.20 Å². The van der Waals surface area contributed by atoms with Gasteiger partial charge in [0.15, 0.2) is 11.6 Å². The number of carbonyl (C=O) groups is 1. The van der Waals surface area contributed by atoms with Crippen LogP contribution in [0.2, 0.25) is 0 Å². The number of amides is 1. The normalized spacial score (nSPS) is 11.9. The van der Waals surface area contributed by atoms with E-state index in [0.29, 0.717) is 0 Å². The monoisotopic (exact) mass is 268 g/mol. The van der Waals surface area contributed by atoms with Crippen LogP contribution in [0.15, 0.2) is 6.20 Å². The highest BCUT2D eigenvalue weighted by Gasteiger charge is 2.12. The van der Waals surface area contributed by atoms with E-state index >= 15 is 0 Å². The van der Waals surface area contributed by atoms with Crippen LogP contribution < -0.4 is 10.6 Å². The number of nitrogens with one attached hydrogen (secondary N) is 2. The van der Waals surface area contributed by atoms with Crippen molar-refractivity contribution >= 4 is 17.7 Å². The van der Waals surface area contributed by atoms with Crippen LogP contribution >= 0.6 is 0 Å². The summed E-state index contributed by atoms with van der Waals surface area (Å²) < 4.78 is 0. The number of carbonyl (C=O) groups excluding carboxylic acids is 1. The third kappa shape index (κ3) is 5.09. The summed E-state index contributed by atoms with van der Waals surface area (Å²) in [5, 5.41) is 24.3. The SMILES string of the molecule is CCCC[C@@H](CO)Nc1nc(NC(C)=O)ncc1O. The fourth-order valence-corrected chi connectivity index (χ4v) is 1.55. The fourth-order valence-electron chi connectivity index (χ4n) is 1.55. The maximum atomic E-state index is 10.9. The predicted molar refractivity (Wildman–Crippen MR) is 72.0 cm³/mol. The van der Waals surface area contributed by atoms with Gasteiger partial charge >= 0.3 is 0 Å². The molecule has 1 rings (SSSR count). The maximum Gasteiger partial charge on any atom is 0.231 e. The zero-order valence-electron chi connectivity index (χ0n) is 11.2. The van der Waals surface area contributed by atoms with E-state index in [1.807, 2.05) is 0 Å². The first-order chi connectivity index (χ1) is 9.06. The molecule has 0 saturated heterocycles. The average molecular weight is 268 g/mol. The first-order valence-electron chi connectivity index (χ1n) is 6.27. The number of rotatable bonds is 7. The van der Waals surface area contributed by atoms with Gasteiger partial charge in [-0.05, 0) is 6.42 Å². The molecule has 4 N–H and O–H groups in total. The Morgan fingerprint density at radius 3 is 2.84 bits per heavy atom. The number of aromatic hydroxyl groups is 1. The molecule has 0 spiro atoms. The van der Waals surface area contributed by atoms with Crippen LogP contribution in [0.1, 0.15) is 33.1 Å². The van der Waals surface area contributed by atoms with Gasteiger partial charge in [0.1, 0.15) is 0 Å². The predicted octanol–water partition coefficient (Wildman–Crippen LogP) is 1.10. The van der Waals surface area contributed by atoms with Crippen LogP contribution in [-0.2, 0) is 4.79 Å². The minimum atomic E-state index is -0.290. The molecule has 106 valence electrons. The van der Waals surface area contributed by atoms with E-state index in [2.05, 4.69) is 27.5 Å². The van der Waals surface area contributed by atoms with Crippen LogP contribution in [-0.4, -0.2) is 38.7 Å². The topological polar surface area (TPSA) is 107 Å². The summed E-state index contributed by atoms with van der Waals surface area (Å²) in [5.41, 5.74) is 0. The molecule has 0 radical (unpaired) electrons. The van der Waals surface area contributed by atoms with E-state index in [0.717, 1.165) is 19.3 Å². The van der Waals surface area contributed by atoms with E-state index in [9.17, 15) is 15.0 Å². The van der Waals surface area contributed by atoms with Crippen molar-refractivity contribution in [3.8, 4) is 5.75 Å². The lowest BCUT2D eigenvalue weighted by molar-refractivity contribution is -0.114. The number of nitrogens with zero attached hydrogens (tertiary/aromatic N) is 2. The molecular weight excluding hydrogens is 248 g/mol. The summed E-state index contributed by atoms with van der Waals surface area (Å²) >= 11 is 0. The van der Waals surface area contributed by atoms with Gasteiger partial charge in [-0.2, -0.15) is 4.98 Å². The van der Waals surface area contributed by atoms with E-state index in [-0.39, 0.29) is 36.1 Å². The second-order valence-electron chi connectivity index (χ2n) is 4.27. The van der Waals surface area contributed by atoms with Crippen molar-refractivity contribution in [2.45, 2.75) is 39.2 Å². The summed E-state index contributed by atoms with van der Waals surface area (Å²) in [5.74, 6) is -0.0979. The molecule has 0 aliphatic heterocycles. The first kappa shape index (κ1) is 15.2. The zero-order valence-corrected chi connectivity index (χ0v) is 11.2. The molecule has 0 saturated carbocycles. The Morgan fingerprint density at radius 1 is 1.53 bits per heavy atom. The van der Waals surface area contributed by atoms with Gasteiger partial charge in [0.25, 0.3) is 0 Å². The maximum absolute atomic E-state index is 10.9. The molecule has 1 aromatic rings. The Morgan fingerprint density at radius 2 is 2.26 bits per heavy atom. The van der Waals surface area contributed by atoms with E-state index < -0.39 is 0 Å². The molecule has 1 amide bonds. The third-order valence-corrected chi connectivity index (χ3v) is 2.52. The highest BCUT2D eigenvalue weighted by Crippen LogP contribution is 2.22. The molecule has 0 aromatic carbocycles. The van der Waals surface area contributed by atoms with Crippen molar-refractivity contribution in [2.75, 3.05) is 17.2 Å². The lowest BCUT2D eigenvalue weighted by atomic mass is 10.1. The minimum absolute atomic E-state index is 0.0566. The molecule has 0 aliphatic carbocycles. The average Bonchev–Trinajstić information content (AvgIpc) is 2.37. The van der Waals surface area contributed by atoms with Gasteiger partial charge in [-0.15, -0.1) is 0 Å². The molecule has 0 bridgehead atoms. The number of aliphatic hydroxyl groups excluding tert-OH is 1. The van der Waals surface area contributed by atoms with Crippen LogP contribution in [0.3, 0.4) is 0 Å². The Hall–Kier alpha value is -1.89. The Bertz CT molecular complexity index is 425. The van der Waals surface area contributed by atoms with Gasteiger partial charge in [0, 0.05) is 6.92 Å². The summed E-state index contributed by atoms with van der Waals surface area (Å²) in [7, 11) is 0. The summed E-state index contributed by atoms with van der Waals surface area (Å²) in [6, 6.07) is -0.189. The lowest BCUT2D eigenvalue weighted by Crippen LogP contribution is -2.24. The standard InChI is InChI=1S/C12H20N4O3/c1-3-4-5-9(7-17)15-11-10(19)6-13-12(16-11)14-8(2)18/h6,9,17,19H,3-5,7H2,1-2H3,(H2,13,14,15,16,18)/t9-/m0/s1. The molecule has 7 nitrogen and oxygen atoms in total. The van der Waals surface area contributed by atoms with Crippen molar-refractivity contribution in [2.24, 2.45) is 0 Å². The molecule has 1 heterocycles. The number of aliphatic hydroxyl groups is 1. The number of hydrogen-bond acceptors (Lipinski definition) is 6. The van der Waals surface area contributed by atoms with E-state index in [1.54, 1.807) is 0 Å². The Kier molecular flexibility index (Phi) is 6.01. The highest BCUT2D eigenvalue weighted by molar-refractivity contribution is 5.86. The van der Waals surface area contributed by atoms with Crippen molar-refractivity contribution in [1.82, 2.24) is 9.97 Å². The van der Waals surface area contributed by atoms with Crippen molar-refractivity contribution in [1.29, 1.82) is 0 Å². The molecule has 19 heavy (non-hydrogen) atoms. The van der Waals surface area contributed by atoms with E-state index in [1.165, 1.54) is 13.1 Å². The number of hydrogen-bond donors (Lipinski definition) is 4. The molecule has 1 aromatic heterocycles. The third-order valence-electron chi connectivity index (χ3n) is 2.52. The van der Waals surface area contributed by atoms with Gasteiger partial charge in [-0.25, -0.2) is 4.98 Å². The second kappa shape index (κ2) is 7.52. The van der Waals surface area contributed by atoms with E-state index in [4.69, 9.17) is 0 Å². The van der Waals surface area contributed by atoms with Gasteiger partial charge in [-0.1, -0.05) is 19.8 Å². The number of unbranched alkanes of at least 4 members (excludes halogenated alkanes) is 1. The summed E-state index contributed by atoms with van der Waals surface area (Å²) in [6.45, 7) is 3.35. The fraction of sp³-hybridized carbons (Fsp3) is 0.583. The smallest absolute Gasteiger partial charge is 0.231 e. The lowest BCUT2D eigenvalue weighted by Gasteiger charge is -2.17. The molecule has 7 heteroatoms. The van der Waals surface area contributed by atoms with Gasteiger partial charge in [0.2, 0.25) is 11.9 Å². The molecule has 0 unspecified atom stereocenters. The number of aromatic nitrogens is 2. The Labute approximate surface area is 112 Å². The molecule has 0 aliphatic rings. The first-order valence-corrected chi connectivity index (χ1v) is 6.27. The highest BCUT2D eigenvalue weighted by atomic mass is 16.3. The summed E-state index contributed by atoms with van der Waals surface area (Å²) in [4.78, 5) is 18.7. The minimum Gasteiger partial charge on any atom is -0.503 e. The molecule has 0 fully saturated rings. The van der Waals surface area contributed by atoms with Crippen molar-refractivity contribution < 1.29 is 15.0 Å². The van der Waals surface area contributed by atoms with Crippen LogP contribution in [0, 0.1) is 0 Å². The van der Waals surface area contributed by atoms with Gasteiger partial charge in [-0.3, -0.25) is 10.1 Å². The quantitative estimate of drug-likeness (QED) is 0.590.